The Balaban J connectivity index is 2.21. The summed E-state index contributed by atoms with van der Waals surface area (Å²) in [5.74, 6) is -0.583. The number of hydrazone groups is 1. The van der Waals surface area contributed by atoms with Gasteiger partial charge < -0.3 is 19.3 Å². The van der Waals surface area contributed by atoms with Crippen LogP contribution in [0.2, 0.25) is 0 Å². The van der Waals surface area contributed by atoms with Crippen molar-refractivity contribution in [1.29, 1.82) is 0 Å². The lowest BCUT2D eigenvalue weighted by atomic mass is 10.2. The number of carbonyl (C=O) groups excluding carboxylic acids is 1. The first kappa shape index (κ1) is 19.8. The molecule has 0 fully saturated rings. The third-order valence-electron chi connectivity index (χ3n) is 3.59. The largest absolute Gasteiger partial charge is 0.496 e. The highest BCUT2D eigenvalue weighted by atomic mass is 16.5. The fourth-order valence-corrected chi connectivity index (χ4v) is 2.20. The van der Waals surface area contributed by atoms with Crippen molar-refractivity contribution in [3.63, 3.8) is 0 Å². The lowest BCUT2D eigenvalue weighted by molar-refractivity contribution is -0.144. The van der Waals surface area contributed by atoms with E-state index in [2.05, 4.69) is 10.5 Å². The molecule has 0 saturated heterocycles. The van der Waals surface area contributed by atoms with Gasteiger partial charge >= 0.3 is 5.97 Å². The van der Waals surface area contributed by atoms with Gasteiger partial charge in [0.25, 0.3) is 5.91 Å². The molecule has 2 rings (SSSR count). The van der Waals surface area contributed by atoms with Crippen LogP contribution < -0.4 is 19.6 Å². The standard InChI is InChI=1S/C19H20N2O6/c1-12(19(23)24)27-17-13(7-6-10-16(17)26-3)11-20-21-18(22)14-8-4-5-9-15(14)25-2/h4-12H,1-3H3,(H,21,22)(H,23,24). The predicted octanol–water partition coefficient (Wildman–Crippen LogP) is 2.32. The summed E-state index contributed by atoms with van der Waals surface area (Å²) in [6.45, 7) is 1.40. The Hall–Kier alpha value is -3.55. The van der Waals surface area contributed by atoms with Crippen molar-refractivity contribution in [1.82, 2.24) is 5.43 Å². The molecule has 0 bridgehead atoms. The number of ether oxygens (including phenoxy) is 3. The molecule has 2 aromatic carbocycles. The molecule has 0 aromatic heterocycles. The first-order valence-corrected chi connectivity index (χ1v) is 8.00. The monoisotopic (exact) mass is 372 g/mol. The van der Waals surface area contributed by atoms with Crippen molar-refractivity contribution >= 4 is 18.1 Å². The van der Waals surface area contributed by atoms with Gasteiger partial charge in [-0.25, -0.2) is 10.2 Å². The Morgan fingerprint density at radius 1 is 1.07 bits per heavy atom. The summed E-state index contributed by atoms with van der Waals surface area (Å²) in [5, 5.41) is 13.0. The van der Waals surface area contributed by atoms with Crippen LogP contribution in [-0.2, 0) is 4.79 Å². The van der Waals surface area contributed by atoms with Gasteiger partial charge in [-0.15, -0.1) is 0 Å². The van der Waals surface area contributed by atoms with E-state index in [9.17, 15) is 9.59 Å². The van der Waals surface area contributed by atoms with Crippen LogP contribution in [0, 0.1) is 0 Å². The molecule has 27 heavy (non-hydrogen) atoms. The SMILES string of the molecule is COc1ccccc1C(=O)NN=Cc1cccc(OC)c1OC(C)C(=O)O. The molecular weight excluding hydrogens is 352 g/mol. The lowest BCUT2D eigenvalue weighted by Gasteiger charge is -2.15. The third-order valence-corrected chi connectivity index (χ3v) is 3.59. The smallest absolute Gasteiger partial charge is 0.344 e. The van der Waals surface area contributed by atoms with Crippen molar-refractivity contribution in [2.24, 2.45) is 5.10 Å². The lowest BCUT2D eigenvalue weighted by Crippen LogP contribution is -2.24. The number of nitrogens with zero attached hydrogens (tertiary/aromatic N) is 1. The maximum Gasteiger partial charge on any atom is 0.344 e. The van der Waals surface area contributed by atoms with Crippen LogP contribution in [0.4, 0.5) is 0 Å². The van der Waals surface area contributed by atoms with Gasteiger partial charge in [0.05, 0.1) is 26.0 Å². The second kappa shape index (κ2) is 9.23. The van der Waals surface area contributed by atoms with E-state index >= 15 is 0 Å². The summed E-state index contributed by atoms with van der Waals surface area (Å²) in [5.41, 5.74) is 3.18. The zero-order valence-corrected chi connectivity index (χ0v) is 15.1. The van der Waals surface area contributed by atoms with Crippen LogP contribution in [-0.4, -0.2) is 43.5 Å². The Bertz CT molecular complexity index is 850. The zero-order chi connectivity index (χ0) is 19.8. The van der Waals surface area contributed by atoms with E-state index in [0.29, 0.717) is 22.6 Å². The van der Waals surface area contributed by atoms with Gasteiger partial charge in [-0.3, -0.25) is 4.79 Å². The molecule has 0 spiro atoms. The van der Waals surface area contributed by atoms with E-state index in [0.717, 1.165) is 0 Å². The Kier molecular flexibility index (Phi) is 6.76. The molecule has 142 valence electrons. The molecule has 0 aliphatic rings. The molecule has 0 radical (unpaired) electrons. The average molecular weight is 372 g/mol. The summed E-state index contributed by atoms with van der Waals surface area (Å²) < 4.78 is 15.8. The van der Waals surface area contributed by atoms with Crippen molar-refractivity contribution in [2.75, 3.05) is 14.2 Å². The molecule has 0 heterocycles. The Morgan fingerprint density at radius 3 is 2.41 bits per heavy atom. The first-order chi connectivity index (χ1) is 13.0. The van der Waals surface area contributed by atoms with Gasteiger partial charge in [-0.05, 0) is 31.2 Å². The minimum atomic E-state index is -1.12. The molecule has 2 N–H and O–H groups in total. The molecule has 8 nitrogen and oxygen atoms in total. The normalized spacial score (nSPS) is 11.7. The van der Waals surface area contributed by atoms with Crippen LogP contribution in [0.3, 0.4) is 0 Å². The summed E-state index contributed by atoms with van der Waals surface area (Å²) in [6.07, 6.45) is 0.261. The first-order valence-electron chi connectivity index (χ1n) is 8.00. The number of hydrogen-bond donors (Lipinski definition) is 2. The highest BCUT2D eigenvalue weighted by Gasteiger charge is 2.18. The molecule has 0 saturated carbocycles. The number of carboxylic acid groups (broad SMARTS) is 1. The fourth-order valence-electron chi connectivity index (χ4n) is 2.20. The van der Waals surface area contributed by atoms with Crippen LogP contribution in [0.15, 0.2) is 47.6 Å². The second-order valence-electron chi connectivity index (χ2n) is 5.38. The molecule has 0 aliphatic carbocycles. The average Bonchev–Trinajstić information content (AvgIpc) is 2.68. The van der Waals surface area contributed by atoms with Crippen molar-refractivity contribution in [3.8, 4) is 17.2 Å². The van der Waals surface area contributed by atoms with Gasteiger partial charge in [0.15, 0.2) is 17.6 Å². The quantitative estimate of drug-likeness (QED) is 0.544. The number of amides is 1. The fraction of sp³-hybridized carbons (Fsp3) is 0.211. The number of methoxy groups -OCH3 is 2. The minimum absolute atomic E-state index is 0.213. The highest BCUT2D eigenvalue weighted by molar-refractivity contribution is 5.97. The molecule has 1 amide bonds. The number of nitrogens with one attached hydrogen (secondary N) is 1. The maximum atomic E-state index is 12.3. The number of benzene rings is 2. The summed E-state index contributed by atoms with van der Waals surface area (Å²) in [6, 6.07) is 11.7. The van der Waals surface area contributed by atoms with E-state index in [-0.39, 0.29) is 5.75 Å². The Morgan fingerprint density at radius 2 is 1.74 bits per heavy atom. The van der Waals surface area contributed by atoms with Crippen molar-refractivity contribution in [3.05, 3.63) is 53.6 Å². The van der Waals surface area contributed by atoms with Gasteiger partial charge in [0.2, 0.25) is 0 Å². The molecule has 1 atom stereocenters. The zero-order valence-electron chi connectivity index (χ0n) is 15.1. The topological polar surface area (TPSA) is 106 Å². The highest BCUT2D eigenvalue weighted by Crippen LogP contribution is 2.31. The molecule has 0 aliphatic heterocycles. The molecule has 1 unspecified atom stereocenters. The molecule has 8 heteroatoms. The van der Waals surface area contributed by atoms with Crippen molar-refractivity contribution < 1.29 is 28.9 Å². The van der Waals surface area contributed by atoms with Crippen molar-refractivity contribution in [2.45, 2.75) is 13.0 Å². The van der Waals surface area contributed by atoms with E-state index in [1.807, 2.05) is 0 Å². The second-order valence-corrected chi connectivity index (χ2v) is 5.38. The van der Waals surface area contributed by atoms with Gasteiger partial charge in [-0.1, -0.05) is 18.2 Å². The van der Waals surface area contributed by atoms with E-state index in [4.69, 9.17) is 19.3 Å². The van der Waals surface area contributed by atoms with Gasteiger partial charge in [-0.2, -0.15) is 5.10 Å². The van der Waals surface area contributed by atoms with Gasteiger partial charge in [0, 0.05) is 5.56 Å². The van der Waals surface area contributed by atoms with Crippen LogP contribution in [0.1, 0.15) is 22.8 Å². The molecule has 2 aromatic rings. The van der Waals surface area contributed by atoms with E-state index in [1.54, 1.807) is 42.5 Å². The maximum absolute atomic E-state index is 12.3. The number of hydrogen-bond acceptors (Lipinski definition) is 6. The number of aliphatic carboxylic acids is 1. The van der Waals surface area contributed by atoms with Gasteiger partial charge in [0.1, 0.15) is 5.75 Å². The predicted molar refractivity (Wildman–Crippen MR) is 98.8 cm³/mol. The van der Waals surface area contributed by atoms with Crippen LogP contribution in [0.5, 0.6) is 17.2 Å². The van der Waals surface area contributed by atoms with E-state index < -0.39 is 18.0 Å². The number of para-hydroxylation sites is 2. The summed E-state index contributed by atoms with van der Waals surface area (Å²) >= 11 is 0. The number of carboxylic acids is 1. The van der Waals surface area contributed by atoms with Crippen LogP contribution >= 0.6 is 0 Å². The summed E-state index contributed by atoms with van der Waals surface area (Å²) in [4.78, 5) is 23.3. The minimum Gasteiger partial charge on any atom is -0.496 e. The third kappa shape index (κ3) is 4.97. The van der Waals surface area contributed by atoms with Crippen LogP contribution in [0.25, 0.3) is 0 Å². The number of carbonyl (C=O) groups is 2. The Labute approximate surface area is 156 Å². The molecular formula is C19H20N2O6. The van der Waals surface area contributed by atoms with E-state index in [1.165, 1.54) is 27.4 Å². The number of rotatable bonds is 8. The summed E-state index contributed by atoms with van der Waals surface area (Å²) in [7, 11) is 2.91.